The van der Waals surface area contributed by atoms with E-state index in [1.54, 1.807) is 6.07 Å². The number of anilines is 1. The van der Waals surface area contributed by atoms with Crippen molar-refractivity contribution in [2.24, 2.45) is 0 Å². The Hall–Kier alpha value is -3.06. The lowest BCUT2D eigenvalue weighted by molar-refractivity contribution is -0.387. The second-order valence-corrected chi connectivity index (χ2v) is 5.96. The van der Waals surface area contributed by atoms with E-state index in [4.69, 9.17) is 5.26 Å². The van der Waals surface area contributed by atoms with Gasteiger partial charge in [-0.15, -0.1) is 0 Å². The maximum atomic E-state index is 13.5. The van der Waals surface area contributed by atoms with Crippen LogP contribution in [0.3, 0.4) is 0 Å². The Morgan fingerprint density at radius 2 is 1.83 bits per heavy atom. The maximum Gasteiger partial charge on any atom is 0.304 e. The molecule has 2 rings (SSSR count). The van der Waals surface area contributed by atoms with Crippen LogP contribution in [0.15, 0.2) is 41.3 Å². The first kappa shape index (κ1) is 16.3. The Kier molecular flexibility index (Phi) is 4.24. The Morgan fingerprint density at radius 1 is 1.13 bits per heavy atom. The van der Waals surface area contributed by atoms with Crippen molar-refractivity contribution in [3.63, 3.8) is 0 Å². The molecule has 10 heteroatoms. The van der Waals surface area contributed by atoms with Crippen molar-refractivity contribution in [1.82, 2.24) is 0 Å². The summed E-state index contributed by atoms with van der Waals surface area (Å²) in [7, 11) is -4.26. The third-order valence-corrected chi connectivity index (χ3v) is 4.14. The standard InChI is InChI=1S/C13H7F2N3O4S/c14-11-3-1-9(5-8(11)7-16)17-23(21,22)10-2-4-13(18(19)20)12(15)6-10/h1-6,17H. The topological polar surface area (TPSA) is 113 Å². The highest BCUT2D eigenvalue weighted by atomic mass is 32.2. The third-order valence-electron chi connectivity index (χ3n) is 2.77. The smallest absolute Gasteiger partial charge is 0.280 e. The first-order valence-electron chi connectivity index (χ1n) is 5.91. The zero-order valence-corrected chi connectivity index (χ0v) is 12.0. The van der Waals surface area contributed by atoms with Gasteiger partial charge in [-0.2, -0.15) is 9.65 Å². The van der Waals surface area contributed by atoms with Crippen molar-refractivity contribution in [2.75, 3.05) is 4.72 Å². The number of nitriles is 1. The van der Waals surface area contributed by atoms with Gasteiger partial charge in [0.05, 0.1) is 21.1 Å². The van der Waals surface area contributed by atoms with Gasteiger partial charge in [0.2, 0.25) is 5.82 Å². The zero-order valence-electron chi connectivity index (χ0n) is 11.2. The second-order valence-electron chi connectivity index (χ2n) is 4.28. The molecule has 0 aliphatic carbocycles. The van der Waals surface area contributed by atoms with Crippen LogP contribution in [0.1, 0.15) is 5.56 Å². The van der Waals surface area contributed by atoms with Gasteiger partial charge in [-0.3, -0.25) is 14.8 Å². The molecule has 0 aliphatic heterocycles. The molecule has 0 bridgehead atoms. The van der Waals surface area contributed by atoms with Gasteiger partial charge in [-0.25, -0.2) is 12.8 Å². The number of halogens is 2. The largest absolute Gasteiger partial charge is 0.304 e. The van der Waals surface area contributed by atoms with Gasteiger partial charge in [0.25, 0.3) is 10.0 Å². The van der Waals surface area contributed by atoms with Crippen LogP contribution in [0.25, 0.3) is 0 Å². The van der Waals surface area contributed by atoms with E-state index in [0.717, 1.165) is 30.3 Å². The Balaban J connectivity index is 2.38. The number of rotatable bonds is 4. The van der Waals surface area contributed by atoms with Crippen molar-refractivity contribution in [2.45, 2.75) is 4.90 Å². The summed E-state index contributed by atoms with van der Waals surface area (Å²) in [5.41, 5.74) is -1.35. The second kappa shape index (κ2) is 5.98. The fraction of sp³-hybridized carbons (Fsp3) is 0. The van der Waals surface area contributed by atoms with E-state index in [2.05, 4.69) is 0 Å². The number of nitrogens with one attached hydrogen (secondary N) is 1. The molecule has 0 saturated carbocycles. The summed E-state index contributed by atoms with van der Waals surface area (Å²) in [6, 6.07) is 6.56. The predicted molar refractivity (Wildman–Crippen MR) is 75.0 cm³/mol. The summed E-state index contributed by atoms with van der Waals surface area (Å²) in [6.45, 7) is 0. The highest BCUT2D eigenvalue weighted by molar-refractivity contribution is 7.92. The summed E-state index contributed by atoms with van der Waals surface area (Å²) in [4.78, 5) is 8.97. The number of benzene rings is 2. The highest BCUT2D eigenvalue weighted by Gasteiger charge is 2.21. The van der Waals surface area contributed by atoms with Crippen LogP contribution in [0.5, 0.6) is 0 Å². The van der Waals surface area contributed by atoms with Crippen LogP contribution < -0.4 is 4.72 Å². The monoisotopic (exact) mass is 339 g/mol. The fourth-order valence-electron chi connectivity index (χ4n) is 1.69. The molecule has 0 fully saturated rings. The van der Waals surface area contributed by atoms with Crippen LogP contribution in [0.2, 0.25) is 0 Å². The molecule has 0 unspecified atom stereocenters. The van der Waals surface area contributed by atoms with Crippen molar-refractivity contribution in [3.05, 3.63) is 63.7 Å². The minimum Gasteiger partial charge on any atom is -0.280 e. The number of nitrogens with zero attached hydrogens (tertiary/aromatic N) is 2. The third kappa shape index (κ3) is 3.41. The summed E-state index contributed by atoms with van der Waals surface area (Å²) in [5, 5.41) is 19.2. The van der Waals surface area contributed by atoms with E-state index in [-0.39, 0.29) is 11.3 Å². The maximum absolute atomic E-state index is 13.5. The van der Waals surface area contributed by atoms with Crippen LogP contribution in [-0.2, 0) is 10.0 Å². The van der Waals surface area contributed by atoms with Gasteiger partial charge in [-0.05, 0) is 24.3 Å². The lowest BCUT2D eigenvalue weighted by Crippen LogP contribution is -2.13. The minimum atomic E-state index is -4.26. The lowest BCUT2D eigenvalue weighted by atomic mass is 10.2. The molecule has 0 atom stereocenters. The van der Waals surface area contributed by atoms with Gasteiger partial charge in [-0.1, -0.05) is 0 Å². The fourth-order valence-corrected chi connectivity index (χ4v) is 2.75. The molecule has 0 spiro atoms. The molecular weight excluding hydrogens is 332 g/mol. The minimum absolute atomic E-state index is 0.110. The first-order valence-corrected chi connectivity index (χ1v) is 7.39. The molecule has 0 aliphatic rings. The molecule has 2 aromatic rings. The molecule has 23 heavy (non-hydrogen) atoms. The van der Waals surface area contributed by atoms with Crippen LogP contribution in [-0.4, -0.2) is 13.3 Å². The molecule has 7 nitrogen and oxygen atoms in total. The van der Waals surface area contributed by atoms with Crippen molar-refractivity contribution in [3.8, 4) is 6.07 Å². The van der Waals surface area contributed by atoms with Crippen LogP contribution >= 0.6 is 0 Å². The average Bonchev–Trinajstić information content (AvgIpc) is 2.48. The molecule has 0 saturated heterocycles. The van der Waals surface area contributed by atoms with Gasteiger partial charge < -0.3 is 0 Å². The molecular formula is C13H7F2N3O4S. The number of sulfonamides is 1. The van der Waals surface area contributed by atoms with Gasteiger partial charge in [0, 0.05) is 12.1 Å². The Bertz CT molecular complexity index is 939. The van der Waals surface area contributed by atoms with Gasteiger partial charge in [0.1, 0.15) is 11.9 Å². The molecule has 118 valence electrons. The summed E-state index contributed by atoms with van der Waals surface area (Å²) in [6.07, 6.45) is 0. The van der Waals surface area contributed by atoms with Gasteiger partial charge >= 0.3 is 5.69 Å². The molecule has 1 N–H and O–H groups in total. The SMILES string of the molecule is N#Cc1cc(NS(=O)(=O)c2ccc([N+](=O)[O-])c(F)c2)ccc1F. The Labute approximate surface area is 129 Å². The number of nitro benzene ring substituents is 1. The van der Waals surface area contributed by atoms with E-state index >= 15 is 0 Å². The molecule has 0 amide bonds. The highest BCUT2D eigenvalue weighted by Crippen LogP contribution is 2.23. The van der Waals surface area contributed by atoms with E-state index in [1.165, 1.54) is 0 Å². The Morgan fingerprint density at radius 3 is 2.39 bits per heavy atom. The van der Waals surface area contributed by atoms with Crippen molar-refractivity contribution < 1.29 is 22.1 Å². The van der Waals surface area contributed by atoms with E-state index in [9.17, 15) is 27.3 Å². The van der Waals surface area contributed by atoms with E-state index in [1.807, 2.05) is 4.72 Å². The molecule has 0 radical (unpaired) electrons. The molecule has 0 heterocycles. The summed E-state index contributed by atoms with van der Waals surface area (Å²) in [5.74, 6) is -2.13. The first-order chi connectivity index (χ1) is 10.7. The average molecular weight is 339 g/mol. The quantitative estimate of drug-likeness (QED) is 0.679. The predicted octanol–water partition coefficient (Wildman–Crippen LogP) is 2.55. The number of hydrogen-bond acceptors (Lipinski definition) is 5. The summed E-state index contributed by atoms with van der Waals surface area (Å²) >= 11 is 0. The van der Waals surface area contributed by atoms with Crippen molar-refractivity contribution >= 4 is 21.4 Å². The molecule has 0 aromatic heterocycles. The number of nitro groups is 1. The van der Waals surface area contributed by atoms with Gasteiger partial charge in [0.15, 0.2) is 0 Å². The van der Waals surface area contributed by atoms with Crippen LogP contribution in [0, 0.1) is 33.1 Å². The summed E-state index contributed by atoms with van der Waals surface area (Å²) < 4.78 is 52.9. The zero-order chi connectivity index (χ0) is 17.2. The van der Waals surface area contributed by atoms with E-state index in [0.29, 0.717) is 6.07 Å². The lowest BCUT2D eigenvalue weighted by Gasteiger charge is -2.08. The van der Waals surface area contributed by atoms with Crippen LogP contribution in [0.4, 0.5) is 20.2 Å². The normalized spacial score (nSPS) is 10.8. The van der Waals surface area contributed by atoms with Crippen molar-refractivity contribution in [1.29, 1.82) is 5.26 Å². The number of hydrogen-bond donors (Lipinski definition) is 1. The van der Waals surface area contributed by atoms with E-state index < -0.39 is 37.2 Å². The molecule has 2 aromatic carbocycles.